The van der Waals surface area contributed by atoms with E-state index in [1.807, 2.05) is 24.3 Å². The lowest BCUT2D eigenvalue weighted by molar-refractivity contribution is 0.137. The first-order valence-corrected chi connectivity index (χ1v) is 4.46. The smallest absolute Gasteiger partial charge is 0.450 e. The van der Waals surface area contributed by atoms with Gasteiger partial charge in [0.2, 0.25) is 0 Å². The van der Waals surface area contributed by atoms with E-state index in [4.69, 9.17) is 15.0 Å². The predicted molar refractivity (Wildman–Crippen MR) is 58.4 cm³/mol. The summed E-state index contributed by atoms with van der Waals surface area (Å²) in [5.41, 5.74) is 3.09. The Kier molecular flexibility index (Phi) is 4.02. The molecule has 0 aliphatic heterocycles. The Morgan fingerprint density at radius 1 is 1.50 bits per heavy atom. The number of aromatic nitrogens is 3. The molecular formula is C10H11N3O3. The fourth-order valence-corrected chi connectivity index (χ4v) is 1.25. The largest absolute Gasteiger partial charge is 0.503 e. The minimum atomic E-state index is -1.83. The molecule has 6 nitrogen and oxygen atoms in total. The van der Waals surface area contributed by atoms with Crippen LogP contribution in [0.4, 0.5) is 4.79 Å². The summed E-state index contributed by atoms with van der Waals surface area (Å²) in [6.45, 7) is 3.69. The number of benzene rings is 1. The van der Waals surface area contributed by atoms with Gasteiger partial charge in [-0.05, 0) is 18.1 Å². The molecule has 0 spiro atoms. The number of fused-ring (bicyclic) bond motifs is 1. The molecule has 1 aromatic carbocycles. The predicted octanol–water partition coefficient (Wildman–Crippen LogP) is 1.91. The van der Waals surface area contributed by atoms with Crippen molar-refractivity contribution in [1.82, 2.24) is 15.4 Å². The molecule has 0 saturated carbocycles. The topological polar surface area (TPSA) is 99.1 Å². The minimum absolute atomic E-state index is 0.837. The van der Waals surface area contributed by atoms with Crippen LogP contribution in [0, 0.1) is 0 Å². The number of nitrogens with one attached hydrogen (secondary N) is 1. The Bertz CT molecular complexity index is 489. The van der Waals surface area contributed by atoms with Crippen molar-refractivity contribution in [2.45, 2.75) is 6.42 Å². The molecular weight excluding hydrogens is 210 g/mol. The van der Waals surface area contributed by atoms with E-state index in [2.05, 4.69) is 22.0 Å². The van der Waals surface area contributed by atoms with Crippen molar-refractivity contribution in [3.63, 3.8) is 0 Å². The summed E-state index contributed by atoms with van der Waals surface area (Å²) in [5.74, 6) is 0. The van der Waals surface area contributed by atoms with Gasteiger partial charge in [0.15, 0.2) is 0 Å². The first-order valence-electron chi connectivity index (χ1n) is 4.46. The SMILES string of the molecule is C=CCc1cccc2[nH]nnc12.O=C(O)O. The van der Waals surface area contributed by atoms with Gasteiger partial charge >= 0.3 is 6.16 Å². The molecule has 0 fully saturated rings. The molecule has 1 heterocycles. The maximum Gasteiger partial charge on any atom is 0.503 e. The van der Waals surface area contributed by atoms with Crippen molar-refractivity contribution in [1.29, 1.82) is 0 Å². The molecule has 0 unspecified atom stereocenters. The third-order valence-corrected chi connectivity index (χ3v) is 1.80. The van der Waals surface area contributed by atoms with Gasteiger partial charge in [-0.3, -0.25) is 5.10 Å². The monoisotopic (exact) mass is 221 g/mol. The highest BCUT2D eigenvalue weighted by molar-refractivity contribution is 5.77. The van der Waals surface area contributed by atoms with Crippen molar-refractivity contribution in [3.05, 3.63) is 36.4 Å². The van der Waals surface area contributed by atoms with E-state index >= 15 is 0 Å². The lowest BCUT2D eigenvalue weighted by atomic mass is 10.1. The third kappa shape index (κ3) is 3.09. The zero-order chi connectivity index (χ0) is 12.0. The number of nitrogens with zero attached hydrogens (tertiary/aromatic N) is 2. The fraction of sp³-hybridized carbons (Fsp3) is 0.100. The van der Waals surface area contributed by atoms with E-state index < -0.39 is 6.16 Å². The molecule has 0 saturated heterocycles. The van der Waals surface area contributed by atoms with Crippen LogP contribution in [0.5, 0.6) is 0 Å². The Labute approximate surface area is 91.2 Å². The second-order valence-corrected chi connectivity index (χ2v) is 2.90. The average Bonchev–Trinajstić information content (AvgIpc) is 2.66. The van der Waals surface area contributed by atoms with Crippen LogP contribution in [0.2, 0.25) is 0 Å². The fourth-order valence-electron chi connectivity index (χ4n) is 1.25. The first-order chi connectivity index (χ1) is 7.65. The van der Waals surface area contributed by atoms with E-state index in [-0.39, 0.29) is 0 Å². The highest BCUT2D eigenvalue weighted by Gasteiger charge is 2.00. The van der Waals surface area contributed by atoms with E-state index in [1.54, 1.807) is 0 Å². The summed E-state index contributed by atoms with van der Waals surface area (Å²) >= 11 is 0. The molecule has 2 aromatic rings. The standard InChI is InChI=1S/C9H9N3.CH2O3/c1-2-4-7-5-3-6-8-9(7)11-12-10-8;2-1(3)4/h2-3,5-6H,1,4H2,(H,10,11,12);(H2,2,3,4). The van der Waals surface area contributed by atoms with Gasteiger partial charge in [-0.15, -0.1) is 11.7 Å². The van der Waals surface area contributed by atoms with E-state index in [0.29, 0.717) is 0 Å². The van der Waals surface area contributed by atoms with Gasteiger partial charge in [0, 0.05) is 0 Å². The maximum atomic E-state index is 8.56. The lowest BCUT2D eigenvalue weighted by Crippen LogP contribution is -1.82. The molecule has 3 N–H and O–H groups in total. The molecule has 0 bridgehead atoms. The molecule has 0 amide bonds. The zero-order valence-corrected chi connectivity index (χ0v) is 8.42. The summed E-state index contributed by atoms with van der Waals surface area (Å²) < 4.78 is 0. The molecule has 2 rings (SSSR count). The molecule has 6 heteroatoms. The molecule has 0 atom stereocenters. The van der Waals surface area contributed by atoms with Crippen molar-refractivity contribution >= 4 is 17.2 Å². The number of allylic oxidation sites excluding steroid dienone is 1. The quantitative estimate of drug-likeness (QED) is 0.672. The highest BCUT2D eigenvalue weighted by Crippen LogP contribution is 2.13. The molecule has 1 aromatic heterocycles. The lowest BCUT2D eigenvalue weighted by Gasteiger charge is -1.94. The summed E-state index contributed by atoms with van der Waals surface area (Å²) in [6, 6.07) is 5.98. The van der Waals surface area contributed by atoms with Crippen LogP contribution >= 0.6 is 0 Å². The first kappa shape index (κ1) is 11.7. The normalized spacial score (nSPS) is 9.25. The van der Waals surface area contributed by atoms with Gasteiger partial charge in [-0.25, -0.2) is 4.79 Å². The number of aromatic amines is 1. The van der Waals surface area contributed by atoms with Gasteiger partial charge < -0.3 is 10.2 Å². The molecule has 0 radical (unpaired) electrons. The Hall–Kier alpha value is -2.37. The van der Waals surface area contributed by atoms with E-state index in [1.165, 1.54) is 0 Å². The van der Waals surface area contributed by atoms with Gasteiger partial charge in [0.25, 0.3) is 0 Å². The summed E-state index contributed by atoms with van der Waals surface area (Å²) in [5, 5.41) is 24.5. The summed E-state index contributed by atoms with van der Waals surface area (Å²) in [4.78, 5) is 8.56. The zero-order valence-electron chi connectivity index (χ0n) is 8.42. The van der Waals surface area contributed by atoms with E-state index in [9.17, 15) is 0 Å². The van der Waals surface area contributed by atoms with Crippen molar-refractivity contribution in [3.8, 4) is 0 Å². The Balaban J connectivity index is 0.000000280. The molecule has 0 aliphatic rings. The van der Waals surface area contributed by atoms with Crippen LogP contribution in [-0.2, 0) is 6.42 Å². The number of H-pyrrole nitrogens is 1. The van der Waals surface area contributed by atoms with Crippen LogP contribution in [0.15, 0.2) is 30.9 Å². The van der Waals surface area contributed by atoms with Crippen LogP contribution in [0.3, 0.4) is 0 Å². The second-order valence-electron chi connectivity index (χ2n) is 2.90. The van der Waals surface area contributed by atoms with Crippen molar-refractivity contribution < 1.29 is 15.0 Å². The maximum absolute atomic E-state index is 8.56. The molecule has 84 valence electrons. The third-order valence-electron chi connectivity index (χ3n) is 1.80. The Morgan fingerprint density at radius 3 is 2.81 bits per heavy atom. The van der Waals surface area contributed by atoms with Crippen LogP contribution in [0.25, 0.3) is 11.0 Å². The Morgan fingerprint density at radius 2 is 2.19 bits per heavy atom. The molecule has 16 heavy (non-hydrogen) atoms. The minimum Gasteiger partial charge on any atom is -0.450 e. The second kappa shape index (κ2) is 5.50. The number of rotatable bonds is 2. The number of hydrogen-bond donors (Lipinski definition) is 3. The summed E-state index contributed by atoms with van der Waals surface area (Å²) in [6.07, 6.45) is 0.868. The summed E-state index contributed by atoms with van der Waals surface area (Å²) in [7, 11) is 0. The van der Waals surface area contributed by atoms with Gasteiger partial charge in [0.05, 0.1) is 5.52 Å². The number of carbonyl (C=O) groups is 1. The van der Waals surface area contributed by atoms with E-state index in [0.717, 1.165) is 23.0 Å². The van der Waals surface area contributed by atoms with Crippen molar-refractivity contribution in [2.75, 3.05) is 0 Å². The number of hydrogen-bond acceptors (Lipinski definition) is 3. The van der Waals surface area contributed by atoms with Crippen LogP contribution < -0.4 is 0 Å². The highest BCUT2D eigenvalue weighted by atomic mass is 16.6. The van der Waals surface area contributed by atoms with Gasteiger partial charge in [0.1, 0.15) is 5.52 Å². The van der Waals surface area contributed by atoms with Gasteiger partial charge in [-0.2, -0.15) is 0 Å². The molecule has 0 aliphatic carbocycles. The average molecular weight is 221 g/mol. The van der Waals surface area contributed by atoms with Gasteiger partial charge in [-0.1, -0.05) is 23.4 Å². The number of carboxylic acid groups (broad SMARTS) is 2. The van der Waals surface area contributed by atoms with Crippen molar-refractivity contribution in [2.24, 2.45) is 0 Å². The van der Waals surface area contributed by atoms with Crippen LogP contribution in [-0.4, -0.2) is 31.8 Å². The van der Waals surface area contributed by atoms with Crippen LogP contribution in [0.1, 0.15) is 5.56 Å².